The van der Waals surface area contributed by atoms with Crippen LogP contribution >= 0.6 is 0 Å². The molecule has 2 N–H and O–H groups in total. The van der Waals surface area contributed by atoms with Crippen LogP contribution in [0.4, 0.5) is 0 Å². The molecular weight excluding hydrogens is 228 g/mol. The average Bonchev–Trinajstić information content (AvgIpc) is 2.40. The van der Waals surface area contributed by atoms with Crippen LogP contribution in [0.5, 0.6) is 0 Å². The van der Waals surface area contributed by atoms with Crippen molar-refractivity contribution < 1.29 is 9.53 Å². The summed E-state index contributed by atoms with van der Waals surface area (Å²) in [6.07, 6.45) is 6.48. The Bertz CT molecular complexity index is 265. The lowest BCUT2D eigenvalue weighted by atomic mass is 9.94. The smallest absolute Gasteiger partial charge is 0.220 e. The van der Waals surface area contributed by atoms with Crippen molar-refractivity contribution >= 4 is 5.91 Å². The molecule has 4 heteroatoms. The van der Waals surface area contributed by atoms with Gasteiger partial charge in [0, 0.05) is 25.6 Å². The predicted molar refractivity (Wildman–Crippen MR) is 71.4 cm³/mol. The molecule has 2 saturated heterocycles. The highest BCUT2D eigenvalue weighted by atomic mass is 16.5. The molecule has 3 unspecified atom stereocenters. The number of carbonyl (C=O) groups is 1. The number of rotatable bonds is 4. The number of hydrogen-bond acceptors (Lipinski definition) is 3. The molecule has 0 saturated carbocycles. The quantitative estimate of drug-likeness (QED) is 0.798. The molecule has 0 aromatic heterocycles. The summed E-state index contributed by atoms with van der Waals surface area (Å²) in [5, 5.41) is 6.49. The zero-order valence-corrected chi connectivity index (χ0v) is 11.4. The Labute approximate surface area is 110 Å². The van der Waals surface area contributed by atoms with Crippen LogP contribution in [0.3, 0.4) is 0 Å². The number of hydrogen-bond donors (Lipinski definition) is 2. The topological polar surface area (TPSA) is 50.4 Å². The van der Waals surface area contributed by atoms with Gasteiger partial charge in [0.1, 0.15) is 0 Å². The van der Waals surface area contributed by atoms with E-state index in [1.165, 1.54) is 12.8 Å². The predicted octanol–water partition coefficient (Wildman–Crippen LogP) is 1.45. The summed E-state index contributed by atoms with van der Waals surface area (Å²) in [5.74, 6) is 0.769. The molecule has 104 valence electrons. The van der Waals surface area contributed by atoms with Gasteiger partial charge < -0.3 is 15.4 Å². The second-order valence-corrected chi connectivity index (χ2v) is 5.67. The highest BCUT2D eigenvalue weighted by molar-refractivity contribution is 5.76. The van der Waals surface area contributed by atoms with Crippen molar-refractivity contribution in [3.8, 4) is 0 Å². The Hall–Kier alpha value is -0.610. The second-order valence-electron chi connectivity index (χ2n) is 5.67. The molecule has 18 heavy (non-hydrogen) atoms. The van der Waals surface area contributed by atoms with Gasteiger partial charge in [0.25, 0.3) is 0 Å². The largest absolute Gasteiger partial charge is 0.378 e. The summed E-state index contributed by atoms with van der Waals surface area (Å²) < 4.78 is 5.65. The fraction of sp³-hybridized carbons (Fsp3) is 0.929. The number of carbonyl (C=O) groups excluding carboxylic acids is 1. The minimum atomic E-state index is 0.185. The van der Waals surface area contributed by atoms with Gasteiger partial charge >= 0.3 is 0 Å². The zero-order valence-electron chi connectivity index (χ0n) is 11.4. The molecule has 4 nitrogen and oxygen atoms in total. The Morgan fingerprint density at radius 2 is 2.28 bits per heavy atom. The molecule has 3 atom stereocenters. The number of piperidine rings is 1. The van der Waals surface area contributed by atoms with E-state index in [9.17, 15) is 4.79 Å². The summed E-state index contributed by atoms with van der Waals surface area (Å²) in [6.45, 7) is 5.07. The van der Waals surface area contributed by atoms with E-state index in [4.69, 9.17) is 4.74 Å². The van der Waals surface area contributed by atoms with Gasteiger partial charge in [-0.25, -0.2) is 0 Å². The number of amides is 1. The molecule has 2 aliphatic heterocycles. The molecule has 0 bridgehead atoms. The summed E-state index contributed by atoms with van der Waals surface area (Å²) in [4.78, 5) is 11.9. The normalized spacial score (nSPS) is 33.1. The zero-order chi connectivity index (χ0) is 12.8. The van der Waals surface area contributed by atoms with Crippen LogP contribution in [0, 0.1) is 5.92 Å². The number of ether oxygens (including phenoxy) is 1. The Morgan fingerprint density at radius 1 is 1.39 bits per heavy atom. The lowest BCUT2D eigenvalue weighted by Crippen LogP contribution is -2.50. The van der Waals surface area contributed by atoms with Gasteiger partial charge in [0.15, 0.2) is 0 Å². The van der Waals surface area contributed by atoms with E-state index < -0.39 is 0 Å². The Balaban J connectivity index is 1.64. The van der Waals surface area contributed by atoms with Gasteiger partial charge in [-0.2, -0.15) is 0 Å². The fourth-order valence-corrected chi connectivity index (χ4v) is 2.79. The summed E-state index contributed by atoms with van der Waals surface area (Å²) in [6, 6.07) is 0.304. The first-order chi connectivity index (χ1) is 8.75. The van der Waals surface area contributed by atoms with E-state index in [2.05, 4.69) is 17.6 Å². The summed E-state index contributed by atoms with van der Waals surface area (Å²) in [7, 11) is 0. The first-order valence-corrected chi connectivity index (χ1v) is 7.37. The molecule has 2 heterocycles. The van der Waals surface area contributed by atoms with E-state index in [1.54, 1.807) is 0 Å². The minimum Gasteiger partial charge on any atom is -0.378 e. The van der Waals surface area contributed by atoms with Crippen LogP contribution in [-0.2, 0) is 9.53 Å². The van der Waals surface area contributed by atoms with Crippen LogP contribution in [0.1, 0.15) is 45.4 Å². The monoisotopic (exact) mass is 254 g/mol. The van der Waals surface area contributed by atoms with Gasteiger partial charge in [-0.1, -0.05) is 6.92 Å². The van der Waals surface area contributed by atoms with E-state index in [0.717, 1.165) is 39.0 Å². The van der Waals surface area contributed by atoms with Gasteiger partial charge in [0.2, 0.25) is 5.91 Å². The SMILES string of the molecule is CC1CCNCC1NC(=O)CCC1CCCCO1. The first kappa shape index (κ1) is 13.8. The van der Waals surface area contributed by atoms with Crippen LogP contribution in [0.2, 0.25) is 0 Å². The molecule has 0 aliphatic carbocycles. The Morgan fingerprint density at radius 3 is 3.00 bits per heavy atom. The molecule has 2 fully saturated rings. The third-order valence-electron chi connectivity index (χ3n) is 4.14. The lowest BCUT2D eigenvalue weighted by Gasteiger charge is -2.30. The highest BCUT2D eigenvalue weighted by Gasteiger charge is 2.23. The standard InChI is InChI=1S/C14H26N2O2/c1-11-7-8-15-10-13(11)16-14(17)6-5-12-4-2-3-9-18-12/h11-13,15H,2-10H2,1H3,(H,16,17). The van der Waals surface area contributed by atoms with Crippen LogP contribution in [0.25, 0.3) is 0 Å². The highest BCUT2D eigenvalue weighted by Crippen LogP contribution is 2.17. The molecule has 0 aromatic rings. The Kier molecular flexibility index (Phi) is 5.45. The van der Waals surface area contributed by atoms with Crippen molar-refractivity contribution in [2.24, 2.45) is 5.92 Å². The first-order valence-electron chi connectivity index (χ1n) is 7.37. The van der Waals surface area contributed by atoms with Crippen LogP contribution < -0.4 is 10.6 Å². The summed E-state index contributed by atoms with van der Waals surface area (Å²) in [5.41, 5.74) is 0. The van der Waals surface area contributed by atoms with Crippen molar-refractivity contribution in [2.45, 2.75) is 57.6 Å². The van der Waals surface area contributed by atoms with E-state index >= 15 is 0 Å². The van der Waals surface area contributed by atoms with Crippen molar-refractivity contribution in [3.63, 3.8) is 0 Å². The van der Waals surface area contributed by atoms with E-state index in [1.807, 2.05) is 0 Å². The minimum absolute atomic E-state index is 0.185. The maximum Gasteiger partial charge on any atom is 0.220 e. The van der Waals surface area contributed by atoms with Crippen molar-refractivity contribution in [3.05, 3.63) is 0 Å². The molecule has 1 amide bonds. The van der Waals surface area contributed by atoms with Gasteiger partial charge in [-0.05, 0) is 44.6 Å². The van der Waals surface area contributed by atoms with Crippen LogP contribution in [0.15, 0.2) is 0 Å². The third kappa shape index (κ3) is 4.25. The molecule has 0 spiro atoms. The van der Waals surface area contributed by atoms with Gasteiger partial charge in [0.05, 0.1) is 6.10 Å². The molecule has 0 aromatic carbocycles. The van der Waals surface area contributed by atoms with Crippen molar-refractivity contribution in [1.82, 2.24) is 10.6 Å². The third-order valence-corrected chi connectivity index (χ3v) is 4.14. The average molecular weight is 254 g/mol. The van der Waals surface area contributed by atoms with E-state index in [-0.39, 0.29) is 5.91 Å². The fourth-order valence-electron chi connectivity index (χ4n) is 2.79. The van der Waals surface area contributed by atoms with E-state index in [0.29, 0.717) is 24.5 Å². The molecule has 2 rings (SSSR count). The molecular formula is C14H26N2O2. The van der Waals surface area contributed by atoms with Crippen molar-refractivity contribution in [1.29, 1.82) is 0 Å². The van der Waals surface area contributed by atoms with Crippen LogP contribution in [-0.4, -0.2) is 37.7 Å². The van der Waals surface area contributed by atoms with Crippen molar-refractivity contribution in [2.75, 3.05) is 19.7 Å². The molecule has 2 aliphatic rings. The molecule has 0 radical (unpaired) electrons. The number of nitrogens with one attached hydrogen (secondary N) is 2. The maximum absolute atomic E-state index is 11.9. The second kappa shape index (κ2) is 7.10. The lowest BCUT2D eigenvalue weighted by molar-refractivity contribution is -0.123. The summed E-state index contributed by atoms with van der Waals surface area (Å²) >= 11 is 0. The maximum atomic E-state index is 11.9. The van der Waals surface area contributed by atoms with Gasteiger partial charge in [-0.15, -0.1) is 0 Å². The van der Waals surface area contributed by atoms with Gasteiger partial charge in [-0.3, -0.25) is 4.79 Å².